The number of hydrogen-bond donors (Lipinski definition) is 1. The maximum absolute atomic E-state index is 13.0. The Morgan fingerprint density at radius 3 is 2.35 bits per heavy atom. The lowest BCUT2D eigenvalue weighted by atomic mass is 10.1. The summed E-state index contributed by atoms with van der Waals surface area (Å²) in [6.07, 6.45) is 0. The van der Waals surface area contributed by atoms with Crippen LogP contribution in [0.5, 0.6) is 0 Å². The monoisotopic (exact) mass is 460 g/mol. The van der Waals surface area contributed by atoms with Crippen LogP contribution in [0.3, 0.4) is 0 Å². The molecule has 0 atom stereocenters. The van der Waals surface area contributed by atoms with Crippen LogP contribution in [-0.4, -0.2) is 33.4 Å². The summed E-state index contributed by atoms with van der Waals surface area (Å²) >= 11 is 12.0. The lowest BCUT2D eigenvalue weighted by molar-refractivity contribution is 0.0941. The molecule has 0 bridgehead atoms. The maximum atomic E-state index is 13.0. The van der Waals surface area contributed by atoms with Crippen molar-refractivity contribution in [2.45, 2.75) is 13.1 Å². The van der Waals surface area contributed by atoms with Crippen LogP contribution in [0.15, 0.2) is 58.1 Å². The highest BCUT2D eigenvalue weighted by Crippen LogP contribution is 2.23. The third-order valence-electron chi connectivity index (χ3n) is 4.90. The van der Waals surface area contributed by atoms with Crippen molar-refractivity contribution in [2.75, 3.05) is 19.3 Å². The van der Waals surface area contributed by atoms with Gasteiger partial charge in [0.05, 0.1) is 23.1 Å². The molecule has 0 radical (unpaired) electrons. The van der Waals surface area contributed by atoms with Gasteiger partial charge in [-0.25, -0.2) is 4.79 Å². The maximum Gasteiger partial charge on any atom is 0.332 e. The number of aromatic nitrogens is 2. The molecule has 0 fully saturated rings. The predicted octanol–water partition coefficient (Wildman–Crippen LogP) is 2.80. The Labute approximate surface area is 189 Å². The van der Waals surface area contributed by atoms with Crippen LogP contribution in [0.25, 0.3) is 0 Å². The molecule has 1 aromatic heterocycles. The van der Waals surface area contributed by atoms with Crippen LogP contribution in [0.4, 0.5) is 5.82 Å². The Balaban J connectivity index is 1.88. The van der Waals surface area contributed by atoms with Crippen molar-refractivity contribution in [3.05, 3.63) is 96.1 Å². The molecule has 0 aliphatic rings. The zero-order valence-corrected chi connectivity index (χ0v) is 18.7. The van der Waals surface area contributed by atoms with Gasteiger partial charge in [-0.05, 0) is 30.3 Å². The molecule has 162 valence electrons. The summed E-state index contributed by atoms with van der Waals surface area (Å²) in [6, 6.07) is 14.4. The van der Waals surface area contributed by atoms with Crippen molar-refractivity contribution in [3.8, 4) is 0 Å². The molecule has 9 heteroatoms. The smallest absolute Gasteiger partial charge is 0.332 e. The first-order valence-electron chi connectivity index (χ1n) is 9.48. The van der Waals surface area contributed by atoms with Crippen molar-refractivity contribution in [1.29, 1.82) is 0 Å². The molecule has 3 rings (SSSR count). The molecule has 0 aliphatic carbocycles. The van der Waals surface area contributed by atoms with E-state index in [1.807, 2.05) is 36.4 Å². The normalized spacial score (nSPS) is 11.1. The van der Waals surface area contributed by atoms with Gasteiger partial charge in [-0.15, -0.1) is 0 Å². The molecule has 2 aromatic carbocycles. The summed E-state index contributed by atoms with van der Waals surface area (Å²) < 4.78 is 2.15. The predicted molar refractivity (Wildman–Crippen MR) is 123 cm³/mol. The van der Waals surface area contributed by atoms with Gasteiger partial charge in [0.15, 0.2) is 5.78 Å². The molecule has 0 saturated heterocycles. The summed E-state index contributed by atoms with van der Waals surface area (Å²) in [5.41, 5.74) is 6.35. The minimum atomic E-state index is -0.709. The molecular formula is C22H22Cl2N4O3. The van der Waals surface area contributed by atoms with Gasteiger partial charge in [0.2, 0.25) is 0 Å². The van der Waals surface area contributed by atoms with E-state index < -0.39 is 17.0 Å². The van der Waals surface area contributed by atoms with Gasteiger partial charge >= 0.3 is 5.69 Å². The Bertz CT molecular complexity index is 1240. The van der Waals surface area contributed by atoms with Crippen molar-refractivity contribution >= 4 is 34.8 Å². The van der Waals surface area contributed by atoms with E-state index in [-0.39, 0.29) is 24.5 Å². The fourth-order valence-electron chi connectivity index (χ4n) is 3.29. The highest BCUT2D eigenvalue weighted by Gasteiger charge is 2.22. The summed E-state index contributed by atoms with van der Waals surface area (Å²) in [4.78, 5) is 40.0. The summed E-state index contributed by atoms with van der Waals surface area (Å²) in [5.74, 6) is -0.604. The lowest BCUT2D eigenvalue weighted by Gasteiger charge is -2.18. The fourth-order valence-corrected chi connectivity index (χ4v) is 3.61. The number of nitrogen functional groups attached to an aromatic ring is 1. The second kappa shape index (κ2) is 9.51. The highest BCUT2D eigenvalue weighted by atomic mass is 35.5. The number of nitrogens with zero attached hydrogens (tertiary/aromatic N) is 3. The molecule has 0 unspecified atom stereocenters. The number of halogens is 2. The van der Waals surface area contributed by atoms with E-state index in [0.29, 0.717) is 16.6 Å². The quantitative estimate of drug-likeness (QED) is 0.547. The molecular weight excluding hydrogens is 439 g/mol. The highest BCUT2D eigenvalue weighted by molar-refractivity contribution is 6.42. The number of carbonyl (C=O) groups is 1. The summed E-state index contributed by atoms with van der Waals surface area (Å²) in [5, 5.41) is 0.867. The van der Waals surface area contributed by atoms with Crippen LogP contribution >= 0.6 is 23.2 Å². The molecule has 31 heavy (non-hydrogen) atoms. The van der Waals surface area contributed by atoms with Gasteiger partial charge < -0.3 is 5.73 Å². The number of nitrogens with two attached hydrogens (primary N) is 1. The van der Waals surface area contributed by atoms with E-state index in [0.717, 1.165) is 15.7 Å². The van der Waals surface area contributed by atoms with Gasteiger partial charge in [-0.2, -0.15) is 0 Å². The lowest BCUT2D eigenvalue weighted by Crippen LogP contribution is -2.44. The molecule has 3 aromatic rings. The van der Waals surface area contributed by atoms with Gasteiger partial charge in [0.25, 0.3) is 5.56 Å². The molecule has 7 nitrogen and oxygen atoms in total. The first kappa shape index (κ1) is 22.8. The van der Waals surface area contributed by atoms with Gasteiger partial charge in [-0.1, -0.05) is 59.6 Å². The van der Waals surface area contributed by atoms with Crippen LogP contribution in [-0.2, 0) is 20.1 Å². The van der Waals surface area contributed by atoms with Crippen LogP contribution in [0.1, 0.15) is 21.5 Å². The first-order valence-corrected chi connectivity index (χ1v) is 10.2. The minimum Gasteiger partial charge on any atom is -0.384 e. The first-order chi connectivity index (χ1) is 14.7. The molecule has 2 N–H and O–H groups in total. The zero-order valence-electron chi connectivity index (χ0n) is 17.1. The molecule has 0 spiro atoms. The van der Waals surface area contributed by atoms with Crippen LogP contribution in [0, 0.1) is 0 Å². The number of hydrogen-bond acceptors (Lipinski definition) is 5. The molecule has 0 saturated carbocycles. The third kappa shape index (κ3) is 5.07. The molecule has 0 amide bonds. The van der Waals surface area contributed by atoms with E-state index >= 15 is 0 Å². The number of rotatable bonds is 7. The standard InChI is InChI=1S/C22H22Cl2N4O3/c1-26(11-15-8-9-16(23)17(24)10-15)13-18(29)19-20(25)28(22(31)27(2)21(19)30)12-14-6-4-3-5-7-14/h3-10H,11-13,25H2,1-2H3. The van der Waals surface area contributed by atoms with E-state index in [1.165, 1.54) is 11.6 Å². The second-order valence-electron chi connectivity index (χ2n) is 7.32. The van der Waals surface area contributed by atoms with E-state index in [1.54, 1.807) is 24.1 Å². The summed E-state index contributed by atoms with van der Waals surface area (Å²) in [6.45, 7) is 0.495. The van der Waals surface area contributed by atoms with Crippen LogP contribution < -0.4 is 17.0 Å². The Kier molecular flexibility index (Phi) is 7.00. The van der Waals surface area contributed by atoms with Gasteiger partial charge in [0, 0.05) is 13.6 Å². The van der Waals surface area contributed by atoms with E-state index in [9.17, 15) is 14.4 Å². The second-order valence-corrected chi connectivity index (χ2v) is 8.14. The Morgan fingerprint density at radius 2 is 1.71 bits per heavy atom. The van der Waals surface area contributed by atoms with Gasteiger partial charge in [-0.3, -0.25) is 23.6 Å². The van der Waals surface area contributed by atoms with Crippen molar-refractivity contribution in [1.82, 2.24) is 14.0 Å². The van der Waals surface area contributed by atoms with Crippen molar-refractivity contribution in [3.63, 3.8) is 0 Å². The van der Waals surface area contributed by atoms with Crippen LogP contribution in [0.2, 0.25) is 10.0 Å². The largest absolute Gasteiger partial charge is 0.384 e. The van der Waals surface area contributed by atoms with Crippen molar-refractivity contribution < 1.29 is 4.79 Å². The number of anilines is 1. The minimum absolute atomic E-state index is 0.0662. The number of likely N-dealkylation sites (N-methyl/N-ethyl adjacent to an activating group) is 1. The van der Waals surface area contributed by atoms with E-state index in [2.05, 4.69) is 0 Å². The number of carbonyl (C=O) groups excluding carboxylic acids is 1. The topological polar surface area (TPSA) is 90.3 Å². The molecule has 1 heterocycles. The Morgan fingerprint density at radius 1 is 1.03 bits per heavy atom. The molecule has 0 aliphatic heterocycles. The fraction of sp³-hybridized carbons (Fsp3) is 0.227. The summed E-state index contributed by atoms with van der Waals surface area (Å²) in [7, 11) is 3.07. The van der Waals surface area contributed by atoms with E-state index in [4.69, 9.17) is 28.9 Å². The average molecular weight is 461 g/mol. The number of benzene rings is 2. The van der Waals surface area contributed by atoms with Crippen molar-refractivity contribution in [2.24, 2.45) is 7.05 Å². The third-order valence-corrected chi connectivity index (χ3v) is 5.63. The zero-order chi connectivity index (χ0) is 22.7. The van der Waals surface area contributed by atoms with Gasteiger partial charge in [0.1, 0.15) is 11.4 Å². The SMILES string of the molecule is CN(CC(=O)c1c(N)n(Cc2ccccc2)c(=O)n(C)c1=O)Cc1ccc(Cl)c(Cl)c1. The average Bonchev–Trinajstić information content (AvgIpc) is 2.73. The number of ketones is 1. The number of Topliss-reactive ketones (excluding diaryl/α,β-unsaturated/α-hetero) is 1. The Hall–Kier alpha value is -2.87.